The number of aliphatic imine (C=N–C) groups is 1. The summed E-state index contributed by atoms with van der Waals surface area (Å²) in [6, 6.07) is 2.13. The highest BCUT2D eigenvalue weighted by Gasteiger charge is 2.04. The summed E-state index contributed by atoms with van der Waals surface area (Å²) >= 11 is 0. The maximum Gasteiger partial charge on any atom is 0.189 e. The molecule has 1 heterocycles. The zero-order chi connectivity index (χ0) is 13.4. The van der Waals surface area contributed by atoms with E-state index < -0.39 is 0 Å². The fourth-order valence-electron chi connectivity index (χ4n) is 1.69. The van der Waals surface area contributed by atoms with Gasteiger partial charge in [0.25, 0.3) is 0 Å². The maximum absolute atomic E-state index is 5.80. The smallest absolute Gasteiger partial charge is 0.189 e. The summed E-state index contributed by atoms with van der Waals surface area (Å²) in [6.07, 6.45) is 5.10. The van der Waals surface area contributed by atoms with Crippen molar-refractivity contribution in [3.63, 3.8) is 0 Å². The summed E-state index contributed by atoms with van der Waals surface area (Å²) in [6.45, 7) is 7.06. The molecule has 0 aliphatic heterocycles. The molecule has 0 saturated heterocycles. The third-order valence-electron chi connectivity index (χ3n) is 2.72. The van der Waals surface area contributed by atoms with Gasteiger partial charge >= 0.3 is 0 Å². The summed E-state index contributed by atoms with van der Waals surface area (Å²) < 4.78 is 4.72. The highest BCUT2D eigenvalue weighted by atomic mass is 127. The monoisotopic (exact) mass is 380 g/mol. The van der Waals surface area contributed by atoms with Gasteiger partial charge in [-0.2, -0.15) is 0 Å². The maximum atomic E-state index is 5.80. The van der Waals surface area contributed by atoms with Gasteiger partial charge in [0.15, 0.2) is 5.96 Å². The Hall–Kier alpha value is -0.790. The third kappa shape index (κ3) is 8.85. The summed E-state index contributed by atoms with van der Waals surface area (Å²) in [4.78, 5) is 4.21. The van der Waals surface area contributed by atoms with Gasteiger partial charge in [-0.05, 0) is 19.3 Å². The van der Waals surface area contributed by atoms with E-state index in [1.807, 2.05) is 0 Å². The minimum atomic E-state index is 0. The second kappa shape index (κ2) is 10.1. The Morgan fingerprint density at radius 2 is 2.16 bits per heavy atom. The van der Waals surface area contributed by atoms with E-state index in [0.717, 1.165) is 18.0 Å². The molecule has 0 spiro atoms. The molecule has 0 radical (unpaired) electrons. The highest BCUT2D eigenvalue weighted by molar-refractivity contribution is 14.0. The zero-order valence-electron chi connectivity index (χ0n) is 11.9. The number of halogens is 1. The second-order valence-electron chi connectivity index (χ2n) is 5.06. The molecule has 1 unspecified atom stereocenters. The Balaban J connectivity index is 0.00000324. The Bertz CT molecular complexity index is 352. The van der Waals surface area contributed by atoms with Crippen LogP contribution in [0.1, 0.15) is 45.7 Å². The van der Waals surface area contributed by atoms with Crippen molar-refractivity contribution in [3.8, 4) is 0 Å². The normalized spacial score (nSPS) is 13.2. The fourth-order valence-corrected chi connectivity index (χ4v) is 1.69. The molecule has 5 nitrogen and oxygen atoms in total. The molecule has 0 aromatic carbocycles. The van der Waals surface area contributed by atoms with E-state index in [2.05, 4.69) is 36.2 Å². The molecule has 19 heavy (non-hydrogen) atoms. The minimum Gasteiger partial charge on any atom is -0.370 e. The van der Waals surface area contributed by atoms with Crippen LogP contribution in [0.4, 0.5) is 0 Å². The van der Waals surface area contributed by atoms with Crippen LogP contribution in [0.2, 0.25) is 0 Å². The Kier molecular flexibility index (Phi) is 9.63. The first kappa shape index (κ1) is 18.2. The molecule has 1 aromatic heterocycles. The number of rotatable bonds is 7. The lowest BCUT2D eigenvalue weighted by Crippen LogP contribution is -2.38. The van der Waals surface area contributed by atoms with E-state index in [4.69, 9.17) is 10.3 Å². The minimum absolute atomic E-state index is 0. The van der Waals surface area contributed by atoms with Crippen molar-refractivity contribution in [1.82, 2.24) is 10.5 Å². The van der Waals surface area contributed by atoms with Gasteiger partial charge in [0.2, 0.25) is 0 Å². The van der Waals surface area contributed by atoms with Crippen molar-refractivity contribution >= 4 is 29.9 Å². The van der Waals surface area contributed by atoms with E-state index in [1.165, 1.54) is 19.1 Å². The highest BCUT2D eigenvalue weighted by Crippen LogP contribution is 2.08. The average Bonchev–Trinajstić information content (AvgIpc) is 2.78. The summed E-state index contributed by atoms with van der Waals surface area (Å²) in [5.74, 6) is 1.23. The van der Waals surface area contributed by atoms with Gasteiger partial charge in [-0.25, -0.2) is 4.99 Å². The first-order valence-electron chi connectivity index (χ1n) is 6.53. The molecule has 6 heteroatoms. The van der Waals surface area contributed by atoms with E-state index in [1.54, 1.807) is 6.07 Å². The molecule has 0 aliphatic rings. The summed E-state index contributed by atoms with van der Waals surface area (Å²) in [5.41, 5.74) is 6.59. The van der Waals surface area contributed by atoms with E-state index in [0.29, 0.717) is 18.5 Å². The standard InChI is InChI=1S/C13H24N4O.HI/c1-10(2)5-4-6-11(3)16-13(14)15-9-12-7-8-18-17-12;/h7-8,10-11H,4-6,9H2,1-3H3,(H3,14,15,16);1H. The molecule has 0 amide bonds. The summed E-state index contributed by atoms with van der Waals surface area (Å²) in [5, 5.41) is 6.96. The molecular formula is C13H25IN4O. The van der Waals surface area contributed by atoms with Crippen LogP contribution in [0.25, 0.3) is 0 Å². The van der Waals surface area contributed by atoms with E-state index in [9.17, 15) is 0 Å². The first-order valence-corrected chi connectivity index (χ1v) is 6.53. The van der Waals surface area contributed by atoms with Gasteiger partial charge in [0.1, 0.15) is 12.0 Å². The lowest BCUT2D eigenvalue weighted by atomic mass is 10.0. The molecule has 0 saturated carbocycles. The van der Waals surface area contributed by atoms with Gasteiger partial charge in [-0.15, -0.1) is 24.0 Å². The van der Waals surface area contributed by atoms with Gasteiger partial charge in [0.05, 0.1) is 6.54 Å². The number of aromatic nitrogens is 1. The number of hydrogen-bond acceptors (Lipinski definition) is 3. The van der Waals surface area contributed by atoms with Crippen molar-refractivity contribution in [3.05, 3.63) is 18.0 Å². The van der Waals surface area contributed by atoms with Crippen LogP contribution >= 0.6 is 24.0 Å². The van der Waals surface area contributed by atoms with Crippen LogP contribution in [0.15, 0.2) is 21.8 Å². The lowest BCUT2D eigenvalue weighted by Gasteiger charge is -2.14. The first-order chi connectivity index (χ1) is 8.58. The molecule has 1 aromatic rings. The molecule has 0 bridgehead atoms. The molecule has 0 aliphatic carbocycles. The number of hydrogen-bond donors (Lipinski definition) is 2. The van der Waals surface area contributed by atoms with Crippen molar-refractivity contribution in [1.29, 1.82) is 0 Å². The molecule has 110 valence electrons. The quantitative estimate of drug-likeness (QED) is 0.433. The largest absolute Gasteiger partial charge is 0.370 e. The number of nitrogens with one attached hydrogen (secondary N) is 1. The Morgan fingerprint density at radius 3 is 2.74 bits per heavy atom. The zero-order valence-corrected chi connectivity index (χ0v) is 14.3. The van der Waals surface area contributed by atoms with Crippen LogP contribution in [0.5, 0.6) is 0 Å². The van der Waals surface area contributed by atoms with E-state index >= 15 is 0 Å². The lowest BCUT2D eigenvalue weighted by molar-refractivity contribution is 0.412. The van der Waals surface area contributed by atoms with Gasteiger partial charge < -0.3 is 15.6 Å². The fraction of sp³-hybridized carbons (Fsp3) is 0.692. The van der Waals surface area contributed by atoms with Crippen LogP contribution in [0, 0.1) is 5.92 Å². The van der Waals surface area contributed by atoms with Crippen molar-refractivity contribution in [2.45, 2.75) is 52.6 Å². The topological polar surface area (TPSA) is 76.4 Å². The molecule has 1 rings (SSSR count). The average molecular weight is 380 g/mol. The SMILES string of the molecule is CC(C)CCCC(C)NC(N)=NCc1ccon1.I. The van der Waals surface area contributed by atoms with Crippen LogP contribution < -0.4 is 11.1 Å². The summed E-state index contributed by atoms with van der Waals surface area (Å²) in [7, 11) is 0. The van der Waals surface area contributed by atoms with Crippen molar-refractivity contribution in [2.75, 3.05) is 0 Å². The van der Waals surface area contributed by atoms with Gasteiger partial charge in [-0.3, -0.25) is 0 Å². The second-order valence-corrected chi connectivity index (χ2v) is 5.06. The van der Waals surface area contributed by atoms with Crippen LogP contribution in [0.3, 0.4) is 0 Å². The predicted molar refractivity (Wildman–Crippen MR) is 88.5 cm³/mol. The van der Waals surface area contributed by atoms with E-state index in [-0.39, 0.29) is 24.0 Å². The van der Waals surface area contributed by atoms with Gasteiger partial charge in [-0.1, -0.05) is 31.8 Å². The Morgan fingerprint density at radius 1 is 1.42 bits per heavy atom. The van der Waals surface area contributed by atoms with Crippen LogP contribution in [-0.2, 0) is 6.54 Å². The molecule has 0 fully saturated rings. The van der Waals surface area contributed by atoms with Crippen molar-refractivity contribution in [2.24, 2.45) is 16.6 Å². The molecule has 3 N–H and O–H groups in total. The number of guanidine groups is 1. The molecule has 1 atom stereocenters. The number of nitrogens with zero attached hydrogens (tertiary/aromatic N) is 2. The number of nitrogens with two attached hydrogens (primary N) is 1. The Labute approximate surface area is 132 Å². The van der Waals surface area contributed by atoms with Crippen LogP contribution in [-0.4, -0.2) is 17.2 Å². The predicted octanol–water partition coefficient (Wildman–Crippen LogP) is 2.91. The van der Waals surface area contributed by atoms with Crippen molar-refractivity contribution < 1.29 is 4.52 Å². The third-order valence-corrected chi connectivity index (χ3v) is 2.72. The van der Waals surface area contributed by atoms with Gasteiger partial charge in [0, 0.05) is 12.1 Å². The molecular weight excluding hydrogens is 355 g/mol.